The number of rotatable bonds is 7. The van der Waals surface area contributed by atoms with Crippen LogP contribution in [0, 0.1) is 3.57 Å². The van der Waals surface area contributed by atoms with Crippen molar-refractivity contribution in [1.29, 1.82) is 0 Å². The average molecular weight is 460 g/mol. The third-order valence-corrected chi connectivity index (χ3v) is 4.28. The largest absolute Gasteiger partial charge is 0.489 e. The maximum absolute atomic E-state index is 5.99. The monoisotopic (exact) mass is 459 g/mol. The Morgan fingerprint density at radius 2 is 1.90 bits per heavy atom. The van der Waals surface area contributed by atoms with Crippen LogP contribution in [0.4, 0.5) is 0 Å². The number of nitrogens with one attached hydrogen (secondary N) is 1. The van der Waals surface area contributed by atoms with Crippen molar-refractivity contribution < 1.29 is 4.74 Å². The van der Waals surface area contributed by atoms with Gasteiger partial charge in [-0.05, 0) is 71.5 Å². The van der Waals surface area contributed by atoms with Gasteiger partial charge in [0.25, 0.3) is 0 Å². The van der Waals surface area contributed by atoms with Crippen LogP contribution < -0.4 is 10.1 Å². The van der Waals surface area contributed by atoms with E-state index in [0.717, 1.165) is 29.7 Å². The van der Waals surface area contributed by atoms with Crippen molar-refractivity contribution in [1.82, 2.24) is 5.32 Å². The summed E-state index contributed by atoms with van der Waals surface area (Å²) < 4.78 is 8.31. The molecule has 2 nitrogen and oxygen atoms in total. The molecule has 0 aliphatic carbocycles. The molecule has 0 aliphatic rings. The molecule has 0 aliphatic heterocycles. The van der Waals surface area contributed by atoms with Crippen molar-refractivity contribution in [2.45, 2.75) is 26.5 Å². The minimum Gasteiger partial charge on any atom is -0.489 e. The summed E-state index contributed by atoms with van der Waals surface area (Å²) >= 11 is 5.83. The summed E-state index contributed by atoms with van der Waals surface area (Å²) in [7, 11) is 0. The van der Waals surface area contributed by atoms with Crippen LogP contribution >= 0.6 is 38.5 Å². The first-order valence-corrected chi connectivity index (χ1v) is 8.92. The minimum absolute atomic E-state index is 0.597. The zero-order valence-corrected chi connectivity index (χ0v) is 15.8. The van der Waals surface area contributed by atoms with Crippen LogP contribution in [0.1, 0.15) is 24.5 Å². The van der Waals surface area contributed by atoms with Gasteiger partial charge in [-0.1, -0.05) is 35.0 Å². The Labute approximate surface area is 148 Å². The van der Waals surface area contributed by atoms with E-state index in [0.29, 0.717) is 6.61 Å². The lowest BCUT2D eigenvalue weighted by molar-refractivity contribution is 0.302. The number of benzene rings is 2. The molecule has 112 valence electrons. The summed E-state index contributed by atoms with van der Waals surface area (Å²) in [4.78, 5) is 0. The van der Waals surface area contributed by atoms with E-state index in [1.165, 1.54) is 14.7 Å². The fourth-order valence-electron chi connectivity index (χ4n) is 1.97. The molecule has 2 aromatic rings. The van der Waals surface area contributed by atoms with Crippen molar-refractivity contribution in [2.24, 2.45) is 0 Å². The number of hydrogen-bond acceptors (Lipinski definition) is 2. The molecule has 0 radical (unpaired) electrons. The van der Waals surface area contributed by atoms with Gasteiger partial charge in [0, 0.05) is 20.2 Å². The molecule has 0 saturated heterocycles. The molecule has 21 heavy (non-hydrogen) atoms. The smallest absolute Gasteiger partial charge is 0.124 e. The molecule has 0 amide bonds. The summed E-state index contributed by atoms with van der Waals surface area (Å²) in [5, 5.41) is 3.42. The van der Waals surface area contributed by atoms with E-state index >= 15 is 0 Å². The quantitative estimate of drug-likeness (QED) is 0.457. The maximum Gasteiger partial charge on any atom is 0.124 e. The fourth-order valence-corrected chi connectivity index (χ4v) is 2.74. The van der Waals surface area contributed by atoms with E-state index in [1.54, 1.807) is 0 Å². The third kappa shape index (κ3) is 5.60. The predicted molar refractivity (Wildman–Crippen MR) is 99.6 cm³/mol. The van der Waals surface area contributed by atoms with Crippen LogP contribution in [0.25, 0.3) is 0 Å². The Hall–Kier alpha value is -0.590. The van der Waals surface area contributed by atoms with Gasteiger partial charge >= 0.3 is 0 Å². The van der Waals surface area contributed by atoms with Crippen LogP contribution in [0.5, 0.6) is 5.75 Å². The Morgan fingerprint density at radius 1 is 1.14 bits per heavy atom. The minimum atomic E-state index is 0.597. The second-order valence-electron chi connectivity index (χ2n) is 4.84. The van der Waals surface area contributed by atoms with E-state index in [1.807, 2.05) is 12.1 Å². The molecule has 4 heteroatoms. The second kappa shape index (κ2) is 8.76. The van der Waals surface area contributed by atoms with E-state index < -0.39 is 0 Å². The van der Waals surface area contributed by atoms with Gasteiger partial charge < -0.3 is 10.1 Å². The van der Waals surface area contributed by atoms with Crippen LogP contribution in [-0.4, -0.2) is 6.54 Å². The van der Waals surface area contributed by atoms with Crippen molar-refractivity contribution >= 4 is 38.5 Å². The molecule has 0 aromatic heterocycles. The molecule has 0 atom stereocenters. The molecule has 2 aromatic carbocycles. The Kier molecular flexibility index (Phi) is 6.99. The van der Waals surface area contributed by atoms with Gasteiger partial charge in [0.05, 0.1) is 0 Å². The molecule has 1 N–H and O–H groups in total. The number of halogens is 2. The Balaban J connectivity index is 2.02. The zero-order valence-electron chi connectivity index (χ0n) is 12.0. The highest BCUT2D eigenvalue weighted by Crippen LogP contribution is 2.24. The van der Waals surface area contributed by atoms with E-state index in [9.17, 15) is 0 Å². The van der Waals surface area contributed by atoms with Gasteiger partial charge in [-0.2, -0.15) is 0 Å². The lowest BCUT2D eigenvalue weighted by atomic mass is 10.2. The second-order valence-corrected chi connectivity index (χ2v) is 7.01. The first-order valence-electron chi connectivity index (χ1n) is 7.05. The number of hydrogen-bond donors (Lipinski definition) is 1. The normalized spacial score (nSPS) is 10.6. The molecule has 0 bridgehead atoms. The highest BCUT2D eigenvalue weighted by molar-refractivity contribution is 14.1. The van der Waals surface area contributed by atoms with Gasteiger partial charge in [0.15, 0.2) is 0 Å². The summed E-state index contributed by atoms with van der Waals surface area (Å²) in [6, 6.07) is 14.6. The van der Waals surface area contributed by atoms with Gasteiger partial charge in [0.2, 0.25) is 0 Å². The lowest BCUT2D eigenvalue weighted by Crippen LogP contribution is -2.14. The molecule has 0 heterocycles. The number of ether oxygens (including phenoxy) is 1. The fraction of sp³-hybridized carbons (Fsp3) is 0.294. The van der Waals surface area contributed by atoms with Crippen LogP contribution in [0.3, 0.4) is 0 Å². The molecular weight excluding hydrogens is 441 g/mol. The summed E-state index contributed by atoms with van der Waals surface area (Å²) in [6.07, 6.45) is 1.13. The van der Waals surface area contributed by atoms with Crippen LogP contribution in [-0.2, 0) is 13.2 Å². The standard InChI is InChI=1S/C17H19BrINO/c1-2-9-20-11-14-10-15(18)5-8-17(14)21-12-13-3-6-16(19)7-4-13/h3-8,10,20H,2,9,11-12H2,1H3. The lowest BCUT2D eigenvalue weighted by Gasteiger charge is -2.13. The van der Waals surface area contributed by atoms with Gasteiger partial charge in [-0.3, -0.25) is 0 Å². The molecule has 0 fully saturated rings. The first kappa shape index (κ1) is 16.8. The maximum atomic E-state index is 5.99. The molecule has 0 spiro atoms. The van der Waals surface area contributed by atoms with Gasteiger partial charge in [-0.25, -0.2) is 0 Å². The topological polar surface area (TPSA) is 21.3 Å². The van der Waals surface area contributed by atoms with Gasteiger partial charge in [0.1, 0.15) is 12.4 Å². The summed E-state index contributed by atoms with van der Waals surface area (Å²) in [5.74, 6) is 0.945. The van der Waals surface area contributed by atoms with E-state index in [2.05, 4.69) is 81.1 Å². The molecular formula is C17H19BrINO. The SMILES string of the molecule is CCCNCc1cc(Br)ccc1OCc1ccc(I)cc1. The Morgan fingerprint density at radius 3 is 2.62 bits per heavy atom. The van der Waals surface area contributed by atoms with E-state index in [-0.39, 0.29) is 0 Å². The average Bonchev–Trinajstić information content (AvgIpc) is 2.48. The first-order chi connectivity index (χ1) is 10.2. The third-order valence-electron chi connectivity index (χ3n) is 3.07. The summed E-state index contributed by atoms with van der Waals surface area (Å²) in [5.41, 5.74) is 2.37. The highest BCUT2D eigenvalue weighted by Gasteiger charge is 2.05. The van der Waals surface area contributed by atoms with Crippen molar-refractivity contribution in [2.75, 3.05) is 6.54 Å². The predicted octanol–water partition coefficient (Wildman–Crippen LogP) is 5.13. The molecule has 0 unspecified atom stereocenters. The zero-order chi connectivity index (χ0) is 15.1. The van der Waals surface area contributed by atoms with Gasteiger partial charge in [-0.15, -0.1) is 0 Å². The summed E-state index contributed by atoms with van der Waals surface area (Å²) in [6.45, 7) is 4.61. The van der Waals surface area contributed by atoms with E-state index in [4.69, 9.17) is 4.74 Å². The van der Waals surface area contributed by atoms with Crippen LogP contribution in [0.2, 0.25) is 0 Å². The van der Waals surface area contributed by atoms with Crippen LogP contribution in [0.15, 0.2) is 46.9 Å². The molecule has 0 saturated carbocycles. The van der Waals surface area contributed by atoms with Crippen molar-refractivity contribution in [3.63, 3.8) is 0 Å². The molecule has 2 rings (SSSR count). The highest BCUT2D eigenvalue weighted by atomic mass is 127. The Bertz CT molecular complexity index is 572. The van der Waals surface area contributed by atoms with Crippen molar-refractivity contribution in [3.8, 4) is 5.75 Å². The van der Waals surface area contributed by atoms with Crippen molar-refractivity contribution in [3.05, 3.63) is 61.6 Å².